The first kappa shape index (κ1) is 20.6. The van der Waals surface area contributed by atoms with Crippen LogP contribution >= 0.6 is 7.82 Å². The van der Waals surface area contributed by atoms with E-state index in [1.165, 1.54) is 0 Å². The minimum Gasteiger partial charge on any atom is -0.756 e. The Kier molecular flexibility index (Phi) is 8.32. The molecule has 0 aromatic heterocycles. The third-order valence-corrected chi connectivity index (χ3v) is 3.35. The normalized spacial score (nSPS) is 11.5. The van der Waals surface area contributed by atoms with E-state index in [0.29, 0.717) is 0 Å². The lowest BCUT2D eigenvalue weighted by atomic mass is 10.2. The Hall–Kier alpha value is -1.49. The molecular formula is C18H26NO4P. The molecule has 0 unspecified atom stereocenters. The Labute approximate surface area is 144 Å². The summed E-state index contributed by atoms with van der Waals surface area (Å²) in [4.78, 5) is 11.6. The predicted octanol–water partition coefficient (Wildman–Crippen LogP) is 3.21. The molecule has 2 aromatic carbocycles. The molecule has 0 radical (unpaired) electrons. The zero-order valence-corrected chi connectivity index (χ0v) is 15.6. The van der Waals surface area contributed by atoms with Gasteiger partial charge in [-0.2, -0.15) is 0 Å². The molecule has 2 aromatic rings. The molecule has 0 amide bonds. The largest absolute Gasteiger partial charge is 0.756 e. The number of quaternary nitrogens is 1. The number of phosphoric acid groups is 1. The number of nitrogens with zero attached hydrogens (tertiary/aromatic N) is 1. The van der Waals surface area contributed by atoms with Gasteiger partial charge in [-0.3, -0.25) is 4.57 Å². The molecule has 2 rings (SSSR count). The number of phosphoric ester groups is 1. The van der Waals surface area contributed by atoms with Crippen LogP contribution in [0.25, 0.3) is 0 Å². The van der Waals surface area contributed by atoms with Gasteiger partial charge in [-0.25, -0.2) is 0 Å². The van der Waals surface area contributed by atoms with Gasteiger partial charge in [-0.05, 0) is 11.1 Å². The van der Waals surface area contributed by atoms with Crippen LogP contribution in [0.4, 0.5) is 0 Å². The van der Waals surface area contributed by atoms with Crippen LogP contribution in [0.5, 0.6) is 0 Å². The Balaban J connectivity index is 0.000000505. The van der Waals surface area contributed by atoms with Crippen LogP contribution in [0, 0.1) is 0 Å². The zero-order chi connectivity index (χ0) is 18.1. The van der Waals surface area contributed by atoms with E-state index in [-0.39, 0.29) is 13.2 Å². The van der Waals surface area contributed by atoms with E-state index in [0.717, 1.165) is 15.6 Å². The Morgan fingerprint density at radius 2 is 1.08 bits per heavy atom. The minimum atomic E-state index is -4.27. The van der Waals surface area contributed by atoms with Crippen LogP contribution in [0.1, 0.15) is 11.1 Å². The van der Waals surface area contributed by atoms with E-state index >= 15 is 0 Å². The van der Waals surface area contributed by atoms with Gasteiger partial charge in [0.05, 0.1) is 41.4 Å². The highest BCUT2D eigenvalue weighted by molar-refractivity contribution is 7.45. The highest BCUT2D eigenvalue weighted by atomic mass is 31.2. The second kappa shape index (κ2) is 9.72. The van der Waals surface area contributed by atoms with Gasteiger partial charge in [-0.1, -0.05) is 60.7 Å². The molecule has 0 N–H and O–H groups in total. The zero-order valence-electron chi connectivity index (χ0n) is 14.7. The third-order valence-electron chi connectivity index (χ3n) is 2.46. The van der Waals surface area contributed by atoms with E-state index in [2.05, 4.69) is 28.2 Å². The summed E-state index contributed by atoms with van der Waals surface area (Å²) in [5.74, 6) is 0. The molecule has 0 fully saturated rings. The average molecular weight is 351 g/mol. The summed E-state index contributed by atoms with van der Waals surface area (Å²) in [6.45, 7) is -0.0349. The van der Waals surface area contributed by atoms with Crippen molar-refractivity contribution in [1.29, 1.82) is 0 Å². The second-order valence-corrected chi connectivity index (χ2v) is 8.06. The Morgan fingerprint density at radius 3 is 1.38 bits per heavy atom. The van der Waals surface area contributed by atoms with Crippen LogP contribution in [0.15, 0.2) is 60.7 Å². The van der Waals surface area contributed by atoms with E-state index in [1.807, 2.05) is 36.4 Å². The predicted molar refractivity (Wildman–Crippen MR) is 94.0 cm³/mol. The molecule has 0 bridgehead atoms. The third kappa shape index (κ3) is 11.1. The van der Waals surface area contributed by atoms with Crippen molar-refractivity contribution in [2.75, 3.05) is 28.2 Å². The van der Waals surface area contributed by atoms with Gasteiger partial charge in [0.1, 0.15) is 0 Å². The molecule has 0 aliphatic heterocycles. The molecular weight excluding hydrogens is 325 g/mol. The summed E-state index contributed by atoms with van der Waals surface area (Å²) in [6.07, 6.45) is 0. The lowest BCUT2D eigenvalue weighted by molar-refractivity contribution is -0.849. The van der Waals surface area contributed by atoms with E-state index in [1.54, 1.807) is 24.3 Å². The molecule has 24 heavy (non-hydrogen) atoms. The number of benzene rings is 2. The summed E-state index contributed by atoms with van der Waals surface area (Å²) in [5, 5.41) is 0. The van der Waals surface area contributed by atoms with E-state index < -0.39 is 7.82 Å². The van der Waals surface area contributed by atoms with Crippen molar-refractivity contribution in [3.8, 4) is 0 Å². The van der Waals surface area contributed by atoms with Crippen LogP contribution in [0.3, 0.4) is 0 Å². The maximum absolute atomic E-state index is 11.6. The van der Waals surface area contributed by atoms with Crippen molar-refractivity contribution < 1.29 is 23.0 Å². The van der Waals surface area contributed by atoms with Crippen LogP contribution in [0.2, 0.25) is 0 Å². The van der Waals surface area contributed by atoms with Gasteiger partial charge >= 0.3 is 0 Å². The van der Waals surface area contributed by atoms with Crippen molar-refractivity contribution in [2.45, 2.75) is 13.2 Å². The first-order valence-corrected chi connectivity index (χ1v) is 9.09. The number of rotatable bonds is 6. The molecule has 0 saturated heterocycles. The minimum absolute atomic E-state index is 0.0175. The van der Waals surface area contributed by atoms with Crippen molar-refractivity contribution in [1.82, 2.24) is 0 Å². The summed E-state index contributed by atoms with van der Waals surface area (Å²) < 4.78 is 22.2. The smallest absolute Gasteiger partial charge is 0.268 e. The van der Waals surface area contributed by atoms with Gasteiger partial charge in [0, 0.05) is 0 Å². The van der Waals surface area contributed by atoms with Crippen LogP contribution in [-0.2, 0) is 26.8 Å². The molecule has 0 atom stereocenters. The molecule has 5 nitrogen and oxygen atoms in total. The monoisotopic (exact) mass is 351 g/mol. The van der Waals surface area contributed by atoms with Crippen LogP contribution in [-0.4, -0.2) is 32.7 Å². The molecule has 132 valence electrons. The lowest BCUT2D eigenvalue weighted by Crippen LogP contribution is -2.27. The lowest BCUT2D eigenvalue weighted by Gasteiger charge is -2.22. The summed E-state index contributed by atoms with van der Waals surface area (Å²) in [6, 6.07) is 18.1. The van der Waals surface area contributed by atoms with Crippen molar-refractivity contribution in [3.63, 3.8) is 0 Å². The SMILES string of the molecule is C[N+](C)(C)C.O=P([O-])(OCc1ccccc1)OCc1ccccc1. The first-order valence-electron chi connectivity index (χ1n) is 7.62. The van der Waals surface area contributed by atoms with Crippen molar-refractivity contribution >= 4 is 7.82 Å². The van der Waals surface area contributed by atoms with E-state index in [9.17, 15) is 9.46 Å². The van der Waals surface area contributed by atoms with Crippen molar-refractivity contribution in [3.05, 3.63) is 71.8 Å². The summed E-state index contributed by atoms with van der Waals surface area (Å²) >= 11 is 0. The average Bonchev–Trinajstić information content (AvgIpc) is 2.52. The molecule has 0 heterocycles. The Bertz CT molecular complexity index is 573. The number of hydrogen-bond acceptors (Lipinski definition) is 4. The van der Waals surface area contributed by atoms with Gasteiger partial charge in [0.2, 0.25) is 0 Å². The highest BCUT2D eigenvalue weighted by Gasteiger charge is 2.09. The maximum atomic E-state index is 11.6. The summed E-state index contributed by atoms with van der Waals surface area (Å²) in [5.41, 5.74) is 1.56. The Morgan fingerprint density at radius 1 is 0.792 bits per heavy atom. The molecule has 0 aliphatic carbocycles. The van der Waals surface area contributed by atoms with Gasteiger partial charge < -0.3 is 18.4 Å². The van der Waals surface area contributed by atoms with Crippen molar-refractivity contribution in [2.24, 2.45) is 0 Å². The molecule has 0 spiro atoms. The highest BCUT2D eigenvalue weighted by Crippen LogP contribution is 2.40. The topological polar surface area (TPSA) is 58.6 Å². The van der Waals surface area contributed by atoms with Crippen LogP contribution < -0.4 is 4.89 Å². The fourth-order valence-corrected chi connectivity index (χ4v) is 2.18. The summed E-state index contributed by atoms with van der Waals surface area (Å²) in [7, 11) is 4.23. The second-order valence-electron chi connectivity index (χ2n) is 6.65. The van der Waals surface area contributed by atoms with E-state index in [4.69, 9.17) is 9.05 Å². The fraction of sp³-hybridized carbons (Fsp3) is 0.333. The quantitative estimate of drug-likeness (QED) is 0.592. The standard InChI is InChI=1S/C14H15O4P.C4H12N/c15-19(16,17-11-13-7-3-1-4-8-13)18-12-14-9-5-2-6-10-14;1-5(2,3)4/h1-10H,11-12H2,(H,15,16);1-4H3/q;+1/p-1. The molecule has 6 heteroatoms. The maximum Gasteiger partial charge on any atom is 0.268 e. The van der Waals surface area contributed by atoms with Gasteiger partial charge in [0.25, 0.3) is 7.82 Å². The van der Waals surface area contributed by atoms with Gasteiger partial charge in [-0.15, -0.1) is 0 Å². The first-order chi connectivity index (χ1) is 11.2. The molecule has 0 saturated carbocycles. The number of hydrogen-bond donors (Lipinski definition) is 0. The van der Waals surface area contributed by atoms with Gasteiger partial charge in [0.15, 0.2) is 0 Å². The molecule has 0 aliphatic rings. The fourth-order valence-electron chi connectivity index (χ4n) is 1.49.